The molecule has 6 atom stereocenters. The van der Waals surface area contributed by atoms with Gasteiger partial charge in [0.15, 0.2) is 0 Å². The van der Waals surface area contributed by atoms with Gasteiger partial charge in [-0.3, -0.25) is 19.3 Å². The predicted molar refractivity (Wildman–Crippen MR) is 155 cm³/mol. The smallest absolute Gasteiger partial charge is 0.311 e. The average molecular weight is 582 g/mol. The van der Waals surface area contributed by atoms with Crippen molar-refractivity contribution in [2.45, 2.75) is 41.3 Å². The summed E-state index contributed by atoms with van der Waals surface area (Å²) in [6, 6.07) is 7.76. The minimum absolute atomic E-state index is 0.145. The van der Waals surface area contributed by atoms with Gasteiger partial charge in [-0.1, -0.05) is 54.6 Å². The van der Waals surface area contributed by atoms with Crippen molar-refractivity contribution in [3.05, 3.63) is 60.2 Å². The number of esters is 1. The number of aliphatic hydroxyl groups excluding tert-OH is 1. The van der Waals surface area contributed by atoms with Crippen LogP contribution in [0.1, 0.15) is 31.4 Å². The van der Waals surface area contributed by atoms with E-state index >= 15 is 0 Å². The van der Waals surface area contributed by atoms with Crippen LogP contribution in [0.4, 0.5) is 0 Å². The molecule has 0 saturated carbocycles. The number of nitrogens with zero attached hydrogens (tertiary/aromatic N) is 3. The molecule has 5 aliphatic heterocycles. The molecule has 10 heteroatoms. The van der Waals surface area contributed by atoms with E-state index in [9.17, 15) is 19.5 Å². The van der Waals surface area contributed by atoms with Gasteiger partial charge in [0.25, 0.3) is 0 Å². The molecule has 0 bridgehead atoms. The van der Waals surface area contributed by atoms with Gasteiger partial charge < -0.3 is 24.4 Å². The Morgan fingerprint density at radius 2 is 1.78 bits per heavy atom. The Bertz CT molecular complexity index is 1220. The van der Waals surface area contributed by atoms with Crippen molar-refractivity contribution >= 4 is 29.5 Å². The van der Waals surface area contributed by atoms with Crippen molar-refractivity contribution < 1.29 is 29.0 Å². The highest BCUT2D eigenvalue weighted by Crippen LogP contribution is 2.66. The van der Waals surface area contributed by atoms with Crippen LogP contribution >= 0.6 is 11.8 Å². The van der Waals surface area contributed by atoms with Gasteiger partial charge >= 0.3 is 5.97 Å². The number of morpholine rings is 1. The molecule has 1 aromatic carbocycles. The topological polar surface area (TPSA) is 99.6 Å². The number of benzene rings is 1. The van der Waals surface area contributed by atoms with Gasteiger partial charge in [-0.05, 0) is 25.3 Å². The van der Waals surface area contributed by atoms with E-state index in [1.165, 1.54) is 11.8 Å². The summed E-state index contributed by atoms with van der Waals surface area (Å²) in [5.41, 5.74) is 0.754. The number of aliphatic hydroxyl groups is 1. The van der Waals surface area contributed by atoms with Crippen LogP contribution in [-0.2, 0) is 23.9 Å². The SMILES string of the molecule is C[C@]12/C=C\CCCOC(=O)[C@H]1[C@H]1C(=O)N([C@H](CO)c3ccccc3)C3C(=O)N(CCN4CCOCC4)CC=C[C@@]31S2. The highest BCUT2D eigenvalue weighted by atomic mass is 32.2. The zero-order chi connectivity index (χ0) is 28.6. The molecular weight excluding hydrogens is 542 g/mol. The number of cyclic esters (lactones) is 1. The van der Waals surface area contributed by atoms with Crippen LogP contribution < -0.4 is 0 Å². The van der Waals surface area contributed by atoms with Gasteiger partial charge in [-0.2, -0.15) is 0 Å². The molecule has 5 heterocycles. The molecule has 5 aliphatic rings. The van der Waals surface area contributed by atoms with E-state index in [2.05, 4.69) is 17.1 Å². The van der Waals surface area contributed by atoms with Gasteiger partial charge in [0.1, 0.15) is 6.04 Å². The van der Waals surface area contributed by atoms with Crippen LogP contribution in [0.3, 0.4) is 0 Å². The lowest BCUT2D eigenvalue weighted by Gasteiger charge is -2.40. The number of hydrogen-bond donors (Lipinski definition) is 1. The van der Waals surface area contributed by atoms with Crippen molar-refractivity contribution in [3.63, 3.8) is 0 Å². The number of hydrogen-bond acceptors (Lipinski definition) is 8. The third-order valence-corrected chi connectivity index (χ3v) is 11.1. The lowest BCUT2D eigenvalue weighted by Crippen LogP contribution is -2.55. The summed E-state index contributed by atoms with van der Waals surface area (Å²) in [6.07, 6.45) is 9.65. The summed E-state index contributed by atoms with van der Waals surface area (Å²) in [4.78, 5) is 48.7. The molecule has 3 fully saturated rings. The maximum absolute atomic E-state index is 14.7. The normalized spacial score (nSPS) is 35.5. The first-order valence-electron chi connectivity index (χ1n) is 14.7. The number of carbonyl (C=O) groups is 3. The minimum atomic E-state index is -0.980. The molecule has 1 unspecified atom stereocenters. The van der Waals surface area contributed by atoms with E-state index in [1.54, 1.807) is 4.90 Å². The van der Waals surface area contributed by atoms with E-state index in [4.69, 9.17) is 9.47 Å². The standard InChI is InChI=1S/C31H39N3O6S/c1-30-11-6-3-7-18-40-29(38)25(30)24-27(36)34(23(21-35)22-9-4-2-5-10-22)26-28(37)33(13-8-12-31(24,26)41-30)15-14-32-16-19-39-20-17-32/h2,4-6,8-12,23-26,35H,3,7,13-21H2,1H3/b11-6-/t23-,24+,25-,26?,30+,31+/m1/s1. The number of rotatable bonds is 6. The Morgan fingerprint density at radius 1 is 1.00 bits per heavy atom. The fourth-order valence-electron chi connectivity index (χ4n) is 7.27. The number of allylic oxidation sites excluding steroid dienone is 1. The van der Waals surface area contributed by atoms with Crippen molar-refractivity contribution in [2.75, 3.05) is 59.2 Å². The molecule has 2 amide bonds. The molecule has 41 heavy (non-hydrogen) atoms. The van der Waals surface area contributed by atoms with Crippen molar-refractivity contribution in [2.24, 2.45) is 11.8 Å². The van der Waals surface area contributed by atoms with Crippen molar-refractivity contribution in [3.8, 4) is 0 Å². The first-order chi connectivity index (χ1) is 19.9. The number of fused-ring (bicyclic) bond motifs is 2. The first kappa shape index (κ1) is 28.5. The molecule has 3 saturated heterocycles. The van der Waals surface area contributed by atoms with Crippen molar-refractivity contribution in [1.82, 2.24) is 14.7 Å². The maximum atomic E-state index is 14.7. The van der Waals surface area contributed by atoms with Crippen LogP contribution in [0, 0.1) is 11.8 Å². The third kappa shape index (κ3) is 4.92. The summed E-state index contributed by atoms with van der Waals surface area (Å²) in [5, 5.41) is 10.7. The number of thioether (sulfide) groups is 1. The van der Waals surface area contributed by atoms with E-state index in [-0.39, 0.29) is 18.4 Å². The monoisotopic (exact) mass is 581 g/mol. The second kappa shape index (κ2) is 11.6. The molecule has 1 aromatic rings. The molecule has 1 spiro atoms. The van der Waals surface area contributed by atoms with Crippen LogP contribution in [0.5, 0.6) is 0 Å². The van der Waals surface area contributed by atoms with Gasteiger partial charge in [-0.25, -0.2) is 0 Å². The van der Waals surface area contributed by atoms with E-state index < -0.39 is 39.4 Å². The molecule has 0 aliphatic carbocycles. The highest BCUT2D eigenvalue weighted by Gasteiger charge is 2.74. The maximum Gasteiger partial charge on any atom is 0.311 e. The molecule has 0 radical (unpaired) electrons. The lowest BCUT2D eigenvalue weighted by atomic mass is 9.74. The quantitative estimate of drug-likeness (QED) is 0.403. The van der Waals surface area contributed by atoms with E-state index in [0.29, 0.717) is 39.5 Å². The van der Waals surface area contributed by atoms with Gasteiger partial charge in [0.2, 0.25) is 11.8 Å². The van der Waals surface area contributed by atoms with Crippen LogP contribution in [0.25, 0.3) is 0 Å². The van der Waals surface area contributed by atoms with Crippen molar-refractivity contribution in [1.29, 1.82) is 0 Å². The molecule has 220 valence electrons. The Balaban J connectivity index is 1.43. The molecule has 0 aromatic heterocycles. The Morgan fingerprint density at radius 3 is 2.54 bits per heavy atom. The predicted octanol–water partition coefficient (Wildman–Crippen LogP) is 2.03. The Labute approximate surface area is 245 Å². The fraction of sp³-hybridized carbons (Fsp3) is 0.581. The molecule has 9 nitrogen and oxygen atoms in total. The number of carbonyl (C=O) groups excluding carboxylic acids is 3. The second-order valence-electron chi connectivity index (χ2n) is 11.7. The first-order valence-corrected chi connectivity index (χ1v) is 15.5. The van der Waals surface area contributed by atoms with E-state index in [0.717, 1.165) is 31.5 Å². The summed E-state index contributed by atoms with van der Waals surface area (Å²) < 4.78 is 9.50. The van der Waals surface area contributed by atoms with Gasteiger partial charge in [0, 0.05) is 37.5 Å². The lowest BCUT2D eigenvalue weighted by molar-refractivity contribution is -0.154. The largest absolute Gasteiger partial charge is 0.465 e. The number of amides is 2. The summed E-state index contributed by atoms with van der Waals surface area (Å²) in [5.74, 6) is -2.37. The van der Waals surface area contributed by atoms with Crippen LogP contribution in [0.15, 0.2) is 54.6 Å². The fourth-order valence-corrected chi connectivity index (χ4v) is 9.41. The van der Waals surface area contributed by atoms with Crippen LogP contribution in [0.2, 0.25) is 0 Å². The van der Waals surface area contributed by atoms with E-state index in [1.807, 2.05) is 54.3 Å². The zero-order valence-corrected chi connectivity index (χ0v) is 24.3. The Kier molecular flexibility index (Phi) is 8.02. The highest BCUT2D eigenvalue weighted by molar-refractivity contribution is 8.02. The molecule has 1 N–H and O–H groups in total. The third-order valence-electron chi connectivity index (χ3n) is 9.25. The molecule has 6 rings (SSSR count). The Hall–Kier alpha value is -2.66. The summed E-state index contributed by atoms with van der Waals surface area (Å²) in [7, 11) is 0. The van der Waals surface area contributed by atoms with Gasteiger partial charge in [0.05, 0.1) is 49.1 Å². The number of likely N-dealkylation sites (tertiary alicyclic amines) is 1. The van der Waals surface area contributed by atoms with Gasteiger partial charge in [-0.15, -0.1) is 11.8 Å². The molecular formula is C31H39N3O6S. The summed E-state index contributed by atoms with van der Waals surface area (Å²) >= 11 is 1.54. The number of ether oxygens (including phenoxy) is 2. The average Bonchev–Trinajstić information content (AvgIpc) is 3.34. The zero-order valence-electron chi connectivity index (χ0n) is 23.5. The second-order valence-corrected chi connectivity index (χ2v) is 13.5. The summed E-state index contributed by atoms with van der Waals surface area (Å²) in [6.45, 7) is 6.62. The minimum Gasteiger partial charge on any atom is -0.465 e. The van der Waals surface area contributed by atoms with Crippen LogP contribution in [-0.4, -0.2) is 112 Å².